The molecule has 1 amide bonds. The van der Waals surface area contributed by atoms with Crippen molar-refractivity contribution in [3.05, 3.63) is 0 Å². The van der Waals surface area contributed by atoms with Gasteiger partial charge in [-0.25, -0.2) is 4.57 Å². The summed E-state index contributed by atoms with van der Waals surface area (Å²) >= 11 is 0. The number of amides is 1. The fourth-order valence-corrected chi connectivity index (χ4v) is 1.59. The van der Waals surface area contributed by atoms with E-state index in [2.05, 4.69) is 14.4 Å². The van der Waals surface area contributed by atoms with Gasteiger partial charge in [0.25, 0.3) is 0 Å². The molecule has 0 aliphatic carbocycles. The van der Waals surface area contributed by atoms with Crippen LogP contribution in [0.4, 0.5) is 4.20 Å². The molecule has 1 heterocycles. The van der Waals surface area contributed by atoms with Gasteiger partial charge in [-0.2, -0.15) is 0 Å². The minimum Gasteiger partial charge on any atom is -0.359 e. The first kappa shape index (κ1) is 9.64. The average molecular weight is 197 g/mol. The maximum absolute atomic E-state index is 12.4. The van der Waals surface area contributed by atoms with Gasteiger partial charge in [-0.1, -0.05) is 0 Å². The van der Waals surface area contributed by atoms with Gasteiger partial charge in [0.2, 0.25) is 5.91 Å². The Balaban J connectivity index is 2.46. The van der Waals surface area contributed by atoms with Crippen LogP contribution in [-0.4, -0.2) is 26.2 Å². The zero-order valence-corrected chi connectivity index (χ0v) is 7.34. The second-order valence-electron chi connectivity index (χ2n) is 2.33. The van der Waals surface area contributed by atoms with Gasteiger partial charge in [-0.05, 0) is 0 Å². The van der Waals surface area contributed by atoms with E-state index in [-0.39, 0.29) is 19.1 Å². The van der Waals surface area contributed by atoms with Crippen LogP contribution >= 0.6 is 7.91 Å². The van der Waals surface area contributed by atoms with Crippen molar-refractivity contribution in [2.24, 2.45) is 5.92 Å². The predicted octanol–water partition coefficient (Wildman–Crippen LogP) is 0.473. The van der Waals surface area contributed by atoms with Crippen LogP contribution in [0.1, 0.15) is 0 Å². The fraction of sp³-hybridized carbons (Fsp3) is 0.800. The Bertz CT molecular complexity index is 221. The third-order valence-corrected chi connectivity index (χ3v) is 2.39. The van der Waals surface area contributed by atoms with Crippen LogP contribution in [-0.2, 0) is 18.4 Å². The van der Waals surface area contributed by atoms with Crippen molar-refractivity contribution in [2.45, 2.75) is 0 Å². The Morgan fingerprint density at radius 3 is 2.50 bits per heavy atom. The summed E-state index contributed by atoms with van der Waals surface area (Å²) in [6.45, 7) is -0.402. The number of nitrogens with one attached hydrogen (secondary N) is 1. The van der Waals surface area contributed by atoms with Crippen molar-refractivity contribution in [3.8, 4) is 0 Å². The highest BCUT2D eigenvalue weighted by Gasteiger charge is 2.35. The standard InChI is InChI=1S/C5H9FNO4P/c1-7-5(8)4-2-10-12(6,9)11-3-4/h4H,2-3H2,1H3,(H,7,8). The monoisotopic (exact) mass is 197 g/mol. The molecule has 70 valence electrons. The molecular formula is C5H9FNO4P. The van der Waals surface area contributed by atoms with Crippen molar-refractivity contribution in [2.75, 3.05) is 20.3 Å². The lowest BCUT2D eigenvalue weighted by Gasteiger charge is -2.22. The molecule has 1 saturated heterocycles. The van der Waals surface area contributed by atoms with E-state index >= 15 is 0 Å². The molecular weight excluding hydrogens is 188 g/mol. The quantitative estimate of drug-likeness (QED) is 0.620. The number of hydrogen-bond donors (Lipinski definition) is 1. The highest BCUT2D eigenvalue weighted by Crippen LogP contribution is 2.52. The van der Waals surface area contributed by atoms with Gasteiger partial charge in [-0.3, -0.25) is 13.8 Å². The summed E-state index contributed by atoms with van der Waals surface area (Å²) in [5, 5.41) is 2.35. The Labute approximate surface area is 68.9 Å². The first-order chi connectivity index (χ1) is 5.55. The van der Waals surface area contributed by atoms with Crippen LogP contribution in [0.2, 0.25) is 0 Å². The lowest BCUT2D eigenvalue weighted by atomic mass is 10.1. The Morgan fingerprint density at radius 2 is 2.08 bits per heavy atom. The summed E-state index contributed by atoms with van der Waals surface area (Å²) in [5.74, 6) is -0.887. The normalized spacial score (nSPS) is 36.0. The first-order valence-electron chi connectivity index (χ1n) is 3.35. The summed E-state index contributed by atoms with van der Waals surface area (Å²) in [6.07, 6.45) is 0. The van der Waals surface area contributed by atoms with Crippen LogP contribution in [0.5, 0.6) is 0 Å². The van der Waals surface area contributed by atoms with Crippen LogP contribution in [0, 0.1) is 5.92 Å². The van der Waals surface area contributed by atoms with Crippen LogP contribution in [0.15, 0.2) is 0 Å². The van der Waals surface area contributed by atoms with Crippen molar-refractivity contribution >= 4 is 13.8 Å². The van der Waals surface area contributed by atoms with Gasteiger partial charge in [0.1, 0.15) is 0 Å². The second kappa shape index (κ2) is 3.51. The Morgan fingerprint density at radius 1 is 1.58 bits per heavy atom. The van der Waals surface area contributed by atoms with Gasteiger partial charge in [0.15, 0.2) is 0 Å². The summed E-state index contributed by atoms with van der Waals surface area (Å²) in [7, 11) is -2.90. The smallest absolute Gasteiger partial charge is 0.359 e. The number of carbonyl (C=O) groups excluding carboxylic acids is 1. The van der Waals surface area contributed by atoms with E-state index in [1.165, 1.54) is 7.05 Å². The molecule has 0 atom stereocenters. The van der Waals surface area contributed by atoms with Gasteiger partial charge in [-0.15, -0.1) is 4.20 Å². The van der Waals surface area contributed by atoms with Crippen molar-refractivity contribution in [3.63, 3.8) is 0 Å². The van der Waals surface area contributed by atoms with E-state index in [9.17, 15) is 13.6 Å². The van der Waals surface area contributed by atoms with Crippen molar-refractivity contribution in [1.29, 1.82) is 0 Å². The lowest BCUT2D eigenvalue weighted by Crippen LogP contribution is -2.35. The molecule has 7 heteroatoms. The van der Waals surface area contributed by atoms with Gasteiger partial charge in [0, 0.05) is 7.05 Å². The van der Waals surface area contributed by atoms with E-state index < -0.39 is 13.8 Å². The van der Waals surface area contributed by atoms with Gasteiger partial charge in [0.05, 0.1) is 19.1 Å². The van der Waals surface area contributed by atoms with Gasteiger partial charge < -0.3 is 5.32 Å². The molecule has 0 aromatic rings. The Kier molecular flexibility index (Phi) is 2.82. The van der Waals surface area contributed by atoms with Crippen LogP contribution in [0.25, 0.3) is 0 Å². The molecule has 1 rings (SSSR count). The van der Waals surface area contributed by atoms with Crippen molar-refractivity contribution in [1.82, 2.24) is 5.32 Å². The second-order valence-corrected chi connectivity index (χ2v) is 3.71. The largest absolute Gasteiger partial charge is 0.513 e. The third kappa shape index (κ3) is 2.27. The van der Waals surface area contributed by atoms with E-state index in [4.69, 9.17) is 0 Å². The number of halogens is 1. The van der Waals surface area contributed by atoms with Crippen LogP contribution < -0.4 is 5.32 Å². The third-order valence-electron chi connectivity index (χ3n) is 1.48. The summed E-state index contributed by atoms with van der Waals surface area (Å²) < 4.78 is 31.3. The number of carbonyl (C=O) groups is 1. The molecule has 0 aromatic heterocycles. The molecule has 0 spiro atoms. The highest BCUT2D eigenvalue weighted by atomic mass is 31.2. The molecule has 5 nitrogen and oxygen atoms in total. The average Bonchev–Trinajstić information content (AvgIpc) is 2.03. The molecule has 0 saturated carbocycles. The minimum atomic E-state index is -4.35. The van der Waals surface area contributed by atoms with Crippen LogP contribution in [0.3, 0.4) is 0 Å². The predicted molar refractivity (Wildman–Crippen MR) is 38.2 cm³/mol. The first-order valence-corrected chi connectivity index (χ1v) is 4.79. The summed E-state index contributed by atoms with van der Waals surface area (Å²) in [4.78, 5) is 10.9. The van der Waals surface area contributed by atoms with Crippen molar-refractivity contribution < 1.29 is 22.6 Å². The molecule has 12 heavy (non-hydrogen) atoms. The van der Waals surface area contributed by atoms with E-state index in [0.717, 1.165) is 0 Å². The molecule has 0 unspecified atom stereocenters. The highest BCUT2D eigenvalue weighted by molar-refractivity contribution is 7.48. The molecule has 1 N–H and O–H groups in total. The zero-order chi connectivity index (χ0) is 9.19. The maximum Gasteiger partial charge on any atom is 0.513 e. The number of hydrogen-bond acceptors (Lipinski definition) is 4. The fourth-order valence-electron chi connectivity index (χ4n) is 0.799. The molecule has 0 radical (unpaired) electrons. The summed E-state index contributed by atoms with van der Waals surface area (Å²) in [6, 6.07) is 0. The molecule has 1 aliphatic rings. The van der Waals surface area contributed by atoms with E-state index in [1.807, 2.05) is 0 Å². The minimum absolute atomic E-state index is 0.201. The molecule has 1 fully saturated rings. The molecule has 1 aliphatic heterocycles. The molecule has 0 aromatic carbocycles. The maximum atomic E-state index is 12.4. The van der Waals surface area contributed by atoms with E-state index in [0.29, 0.717) is 0 Å². The SMILES string of the molecule is CNC(=O)C1COP(=O)(F)OC1. The number of rotatable bonds is 1. The van der Waals surface area contributed by atoms with Gasteiger partial charge >= 0.3 is 7.91 Å². The summed E-state index contributed by atoms with van der Waals surface area (Å²) in [5.41, 5.74) is 0. The van der Waals surface area contributed by atoms with E-state index in [1.54, 1.807) is 0 Å². The molecule has 0 bridgehead atoms. The lowest BCUT2D eigenvalue weighted by molar-refractivity contribution is -0.128. The topological polar surface area (TPSA) is 64.6 Å². The Hall–Kier alpha value is -0.450. The zero-order valence-electron chi connectivity index (χ0n) is 6.45.